The molecule has 24 heavy (non-hydrogen) atoms. The molecule has 0 aromatic heterocycles. The molecule has 0 aromatic carbocycles. The monoisotopic (exact) mass is 328 g/mol. The average molecular weight is 329 g/mol. The van der Waals surface area contributed by atoms with Crippen LogP contribution in [-0.2, 0) is 4.79 Å². The second-order valence-corrected chi connectivity index (χ2v) is 10.4. The summed E-state index contributed by atoms with van der Waals surface area (Å²) in [6, 6.07) is 0. The molecule has 0 amide bonds. The van der Waals surface area contributed by atoms with E-state index in [0.29, 0.717) is 23.7 Å². The van der Waals surface area contributed by atoms with E-state index < -0.39 is 0 Å². The summed E-state index contributed by atoms with van der Waals surface area (Å²) in [5, 5.41) is 0. The van der Waals surface area contributed by atoms with E-state index in [1.165, 1.54) is 64.2 Å². The number of rotatable bonds is 0. The summed E-state index contributed by atoms with van der Waals surface area (Å²) in [6.45, 7) is 4.93. The minimum atomic E-state index is 0.446. The van der Waals surface area contributed by atoms with Gasteiger partial charge in [0.05, 0.1) is 0 Å². The fourth-order valence-corrected chi connectivity index (χ4v) is 8.79. The van der Waals surface area contributed by atoms with Gasteiger partial charge in [-0.15, -0.1) is 0 Å². The van der Waals surface area contributed by atoms with Crippen LogP contribution in [0.2, 0.25) is 0 Å². The van der Waals surface area contributed by atoms with Crippen LogP contribution in [0.25, 0.3) is 0 Å². The number of ketones is 1. The summed E-state index contributed by atoms with van der Waals surface area (Å²) in [4.78, 5) is 13.5. The van der Waals surface area contributed by atoms with Gasteiger partial charge in [0, 0.05) is 11.8 Å². The molecule has 0 aliphatic heterocycles. The second kappa shape index (κ2) is 5.85. The zero-order chi connectivity index (χ0) is 16.4. The maximum atomic E-state index is 13.5. The Kier molecular flexibility index (Phi) is 3.87. The van der Waals surface area contributed by atoms with Gasteiger partial charge in [0.25, 0.3) is 0 Å². The molecule has 5 rings (SSSR count). The smallest absolute Gasteiger partial charge is 0.140 e. The molecule has 134 valence electrons. The highest BCUT2D eigenvalue weighted by Gasteiger charge is 2.60. The van der Waals surface area contributed by atoms with Crippen molar-refractivity contribution in [3.63, 3.8) is 0 Å². The minimum Gasteiger partial charge on any atom is -0.299 e. The SMILES string of the molecule is CC1C2CCCCC2CC2C3CC4CCCCC4C(C)C3C(=O)C12. The molecule has 0 bridgehead atoms. The highest BCUT2D eigenvalue weighted by Crippen LogP contribution is 2.62. The second-order valence-electron chi connectivity index (χ2n) is 10.4. The van der Waals surface area contributed by atoms with Gasteiger partial charge in [0.2, 0.25) is 0 Å². The maximum absolute atomic E-state index is 13.5. The molecule has 5 saturated carbocycles. The summed E-state index contributed by atoms with van der Waals surface area (Å²) >= 11 is 0. The van der Waals surface area contributed by atoms with E-state index >= 15 is 0 Å². The lowest BCUT2D eigenvalue weighted by atomic mass is 9.55. The van der Waals surface area contributed by atoms with Crippen LogP contribution in [-0.4, -0.2) is 5.78 Å². The minimum absolute atomic E-state index is 0.446. The molecule has 1 nitrogen and oxygen atoms in total. The van der Waals surface area contributed by atoms with Crippen molar-refractivity contribution in [3.05, 3.63) is 0 Å². The molecule has 0 N–H and O–H groups in total. The lowest BCUT2D eigenvalue weighted by molar-refractivity contribution is -0.131. The first-order valence-electron chi connectivity index (χ1n) is 11.2. The van der Waals surface area contributed by atoms with Crippen LogP contribution in [0.1, 0.15) is 78.1 Å². The fraction of sp³-hybridized carbons (Fsp3) is 0.957. The third kappa shape index (κ3) is 2.15. The molecule has 0 radical (unpaired) electrons. The summed E-state index contributed by atoms with van der Waals surface area (Å²) < 4.78 is 0. The highest BCUT2D eigenvalue weighted by atomic mass is 16.1. The first kappa shape index (κ1) is 15.9. The molecule has 5 aliphatic carbocycles. The number of carbonyl (C=O) groups is 1. The number of hydrogen-bond donors (Lipinski definition) is 0. The van der Waals surface area contributed by atoms with Crippen LogP contribution in [0.3, 0.4) is 0 Å². The summed E-state index contributed by atoms with van der Waals surface area (Å²) in [6.07, 6.45) is 14.3. The third-order valence-electron chi connectivity index (χ3n) is 9.70. The molecular weight excluding hydrogens is 292 g/mol. The van der Waals surface area contributed by atoms with Gasteiger partial charge in [-0.05, 0) is 73.0 Å². The summed E-state index contributed by atoms with van der Waals surface area (Å²) in [5.74, 6) is 8.19. The van der Waals surface area contributed by atoms with E-state index in [-0.39, 0.29) is 0 Å². The Labute approximate surface area is 148 Å². The zero-order valence-electron chi connectivity index (χ0n) is 15.8. The normalized spacial score (nSPS) is 56.8. The molecule has 1 heteroatoms. The van der Waals surface area contributed by atoms with Gasteiger partial charge in [0.15, 0.2) is 0 Å². The van der Waals surface area contributed by atoms with Gasteiger partial charge < -0.3 is 0 Å². The standard InChI is InChI=1S/C23H36O/c1-13-17-9-5-3-7-15(17)11-19-20-12-16-8-4-6-10-18(16)14(2)22(20)23(24)21(13)19/h13-22H,3-12H2,1-2H3. The van der Waals surface area contributed by atoms with E-state index in [2.05, 4.69) is 13.8 Å². The van der Waals surface area contributed by atoms with E-state index in [0.717, 1.165) is 41.3 Å². The van der Waals surface area contributed by atoms with Crippen LogP contribution in [0.5, 0.6) is 0 Å². The average Bonchev–Trinajstić information content (AvgIpc) is 2.88. The van der Waals surface area contributed by atoms with E-state index in [4.69, 9.17) is 0 Å². The first-order valence-corrected chi connectivity index (χ1v) is 11.2. The Morgan fingerprint density at radius 3 is 1.50 bits per heavy atom. The van der Waals surface area contributed by atoms with E-state index in [1.54, 1.807) is 0 Å². The highest BCUT2D eigenvalue weighted by molar-refractivity contribution is 5.87. The third-order valence-corrected chi connectivity index (χ3v) is 9.70. The number of fused-ring (bicyclic) bond motifs is 5. The van der Waals surface area contributed by atoms with Crippen molar-refractivity contribution in [2.45, 2.75) is 78.1 Å². The molecule has 10 atom stereocenters. The molecule has 0 spiro atoms. The Morgan fingerprint density at radius 1 is 0.625 bits per heavy atom. The molecule has 0 heterocycles. The molecule has 0 aromatic rings. The summed E-state index contributed by atoms with van der Waals surface area (Å²) in [5.41, 5.74) is 0. The lowest BCUT2D eigenvalue weighted by Crippen LogP contribution is -2.42. The first-order chi connectivity index (χ1) is 11.7. The maximum Gasteiger partial charge on any atom is 0.140 e. The predicted octanol–water partition coefficient (Wildman–Crippen LogP) is 5.73. The lowest BCUT2D eigenvalue weighted by Gasteiger charge is -2.49. The van der Waals surface area contributed by atoms with Crippen LogP contribution < -0.4 is 0 Å². The van der Waals surface area contributed by atoms with Crippen LogP contribution >= 0.6 is 0 Å². The zero-order valence-corrected chi connectivity index (χ0v) is 15.8. The topological polar surface area (TPSA) is 17.1 Å². The molecule has 5 fully saturated rings. The molecule has 0 saturated heterocycles. The number of hydrogen-bond acceptors (Lipinski definition) is 1. The van der Waals surface area contributed by atoms with Crippen molar-refractivity contribution in [1.82, 2.24) is 0 Å². The van der Waals surface area contributed by atoms with E-state index in [9.17, 15) is 4.79 Å². The van der Waals surface area contributed by atoms with Gasteiger partial charge >= 0.3 is 0 Å². The Bertz CT molecular complexity index is 466. The molecular formula is C23H36O. The number of Topliss-reactive ketones (excluding diaryl/α,β-unsaturated/α-hetero) is 1. The van der Waals surface area contributed by atoms with Crippen molar-refractivity contribution in [1.29, 1.82) is 0 Å². The molecule has 5 aliphatic rings. The van der Waals surface area contributed by atoms with Crippen molar-refractivity contribution < 1.29 is 4.79 Å². The largest absolute Gasteiger partial charge is 0.299 e. The van der Waals surface area contributed by atoms with Crippen LogP contribution in [0.4, 0.5) is 0 Å². The number of carbonyl (C=O) groups excluding carboxylic acids is 1. The quantitative estimate of drug-likeness (QED) is 0.555. The Morgan fingerprint density at radius 2 is 1.04 bits per heavy atom. The summed E-state index contributed by atoms with van der Waals surface area (Å²) in [7, 11) is 0. The van der Waals surface area contributed by atoms with Gasteiger partial charge in [-0.3, -0.25) is 4.79 Å². The van der Waals surface area contributed by atoms with Crippen LogP contribution in [0.15, 0.2) is 0 Å². The van der Waals surface area contributed by atoms with Gasteiger partial charge in [0.1, 0.15) is 5.78 Å². The van der Waals surface area contributed by atoms with E-state index in [1.807, 2.05) is 0 Å². The van der Waals surface area contributed by atoms with Crippen molar-refractivity contribution in [2.24, 2.45) is 59.2 Å². The van der Waals surface area contributed by atoms with Crippen molar-refractivity contribution in [2.75, 3.05) is 0 Å². The van der Waals surface area contributed by atoms with Gasteiger partial charge in [-0.2, -0.15) is 0 Å². The van der Waals surface area contributed by atoms with Gasteiger partial charge in [-0.1, -0.05) is 52.4 Å². The fourth-order valence-electron chi connectivity index (χ4n) is 8.79. The van der Waals surface area contributed by atoms with Crippen LogP contribution in [0, 0.1) is 59.2 Å². The predicted molar refractivity (Wildman–Crippen MR) is 97.4 cm³/mol. The van der Waals surface area contributed by atoms with Crippen molar-refractivity contribution in [3.8, 4) is 0 Å². The Balaban J connectivity index is 1.46. The van der Waals surface area contributed by atoms with Gasteiger partial charge in [-0.25, -0.2) is 0 Å². The van der Waals surface area contributed by atoms with Crippen molar-refractivity contribution >= 4 is 5.78 Å². The molecule has 10 unspecified atom stereocenters. The Hall–Kier alpha value is -0.330.